The number of unbranched alkanes of at least 4 members (excludes halogenated alkanes) is 1. The monoisotopic (exact) mass is 264 g/mol. The number of nitrogens with one attached hydrogen (secondary N) is 1. The SMILES string of the molecule is CC(C)(C)NCc1cccc(F)c1OCCCC#N. The third-order valence-corrected chi connectivity index (χ3v) is 2.54. The number of hydrogen-bond acceptors (Lipinski definition) is 3. The van der Waals surface area contributed by atoms with E-state index in [1.807, 2.05) is 12.1 Å². The second-order valence-corrected chi connectivity index (χ2v) is 5.44. The maximum Gasteiger partial charge on any atom is 0.165 e. The molecule has 1 aromatic carbocycles. The van der Waals surface area contributed by atoms with E-state index in [2.05, 4.69) is 26.1 Å². The molecule has 0 fully saturated rings. The number of halogens is 1. The zero-order valence-electron chi connectivity index (χ0n) is 11.8. The van der Waals surface area contributed by atoms with Gasteiger partial charge < -0.3 is 10.1 Å². The maximum absolute atomic E-state index is 13.8. The van der Waals surface area contributed by atoms with Crippen LogP contribution in [0.1, 0.15) is 39.2 Å². The van der Waals surface area contributed by atoms with Crippen molar-refractivity contribution in [1.29, 1.82) is 5.26 Å². The quantitative estimate of drug-likeness (QED) is 0.801. The highest BCUT2D eigenvalue weighted by molar-refractivity contribution is 5.35. The van der Waals surface area contributed by atoms with Crippen molar-refractivity contribution in [1.82, 2.24) is 5.32 Å². The normalized spacial score (nSPS) is 11.1. The van der Waals surface area contributed by atoms with E-state index in [4.69, 9.17) is 10.00 Å². The molecule has 1 N–H and O–H groups in total. The Balaban J connectivity index is 2.69. The van der Waals surface area contributed by atoms with Gasteiger partial charge >= 0.3 is 0 Å². The number of benzene rings is 1. The Morgan fingerprint density at radius 2 is 2.11 bits per heavy atom. The molecule has 0 atom stereocenters. The third kappa shape index (κ3) is 5.71. The zero-order valence-corrected chi connectivity index (χ0v) is 11.8. The summed E-state index contributed by atoms with van der Waals surface area (Å²) in [6.07, 6.45) is 1.03. The lowest BCUT2D eigenvalue weighted by Gasteiger charge is -2.21. The second kappa shape index (κ2) is 7.10. The van der Waals surface area contributed by atoms with E-state index in [9.17, 15) is 4.39 Å². The zero-order chi connectivity index (χ0) is 14.3. The summed E-state index contributed by atoms with van der Waals surface area (Å²) in [6.45, 7) is 7.07. The molecule has 0 aliphatic rings. The Labute approximate surface area is 114 Å². The van der Waals surface area contributed by atoms with E-state index in [0.717, 1.165) is 5.56 Å². The van der Waals surface area contributed by atoms with Crippen LogP contribution in [0.5, 0.6) is 5.75 Å². The van der Waals surface area contributed by atoms with Crippen LogP contribution in [0.4, 0.5) is 4.39 Å². The van der Waals surface area contributed by atoms with Gasteiger partial charge in [-0.25, -0.2) is 4.39 Å². The molecule has 3 nitrogen and oxygen atoms in total. The fourth-order valence-corrected chi connectivity index (χ4v) is 1.54. The Morgan fingerprint density at radius 3 is 2.74 bits per heavy atom. The Hall–Kier alpha value is -1.60. The first-order valence-corrected chi connectivity index (χ1v) is 6.46. The van der Waals surface area contributed by atoms with Crippen molar-refractivity contribution in [2.24, 2.45) is 0 Å². The highest BCUT2D eigenvalue weighted by atomic mass is 19.1. The van der Waals surface area contributed by atoms with E-state index in [-0.39, 0.29) is 17.1 Å². The minimum Gasteiger partial charge on any atom is -0.490 e. The van der Waals surface area contributed by atoms with E-state index in [1.54, 1.807) is 6.07 Å². The van der Waals surface area contributed by atoms with Crippen LogP contribution < -0.4 is 10.1 Å². The Morgan fingerprint density at radius 1 is 1.37 bits per heavy atom. The summed E-state index contributed by atoms with van der Waals surface area (Å²) in [5.41, 5.74) is 0.761. The van der Waals surface area contributed by atoms with Gasteiger partial charge in [-0.3, -0.25) is 0 Å². The highest BCUT2D eigenvalue weighted by Crippen LogP contribution is 2.23. The van der Waals surface area contributed by atoms with Crippen molar-refractivity contribution in [3.8, 4) is 11.8 Å². The van der Waals surface area contributed by atoms with Crippen LogP contribution >= 0.6 is 0 Å². The van der Waals surface area contributed by atoms with Gasteiger partial charge in [0.25, 0.3) is 0 Å². The molecule has 0 saturated heterocycles. The van der Waals surface area contributed by atoms with Crippen molar-refractivity contribution < 1.29 is 9.13 Å². The number of nitrogens with zero attached hydrogens (tertiary/aromatic N) is 1. The lowest BCUT2D eigenvalue weighted by Crippen LogP contribution is -2.35. The predicted octanol–water partition coefficient (Wildman–Crippen LogP) is 3.40. The molecule has 0 aliphatic carbocycles. The van der Waals surface area contributed by atoms with E-state index >= 15 is 0 Å². The second-order valence-electron chi connectivity index (χ2n) is 5.44. The van der Waals surface area contributed by atoms with Gasteiger partial charge in [-0.1, -0.05) is 12.1 Å². The summed E-state index contributed by atoms with van der Waals surface area (Å²) in [5, 5.41) is 11.8. The first kappa shape index (κ1) is 15.5. The van der Waals surface area contributed by atoms with E-state index in [0.29, 0.717) is 26.0 Å². The minimum absolute atomic E-state index is 0.0373. The molecule has 0 aliphatic heterocycles. The predicted molar refractivity (Wildman–Crippen MR) is 73.3 cm³/mol. The molecule has 104 valence electrons. The topological polar surface area (TPSA) is 45.0 Å². The minimum atomic E-state index is -0.356. The van der Waals surface area contributed by atoms with Crippen LogP contribution in [0.2, 0.25) is 0 Å². The van der Waals surface area contributed by atoms with Crippen LogP contribution in [-0.4, -0.2) is 12.1 Å². The van der Waals surface area contributed by atoms with Gasteiger partial charge in [0.05, 0.1) is 12.7 Å². The maximum atomic E-state index is 13.8. The fourth-order valence-electron chi connectivity index (χ4n) is 1.54. The molecular formula is C15H21FN2O. The molecule has 0 heterocycles. The summed E-state index contributed by atoms with van der Waals surface area (Å²) in [4.78, 5) is 0. The highest BCUT2D eigenvalue weighted by Gasteiger charge is 2.13. The van der Waals surface area contributed by atoms with Gasteiger partial charge in [-0.15, -0.1) is 0 Å². The molecule has 0 radical (unpaired) electrons. The molecule has 19 heavy (non-hydrogen) atoms. The summed E-state index contributed by atoms with van der Waals surface area (Å²) in [7, 11) is 0. The molecule has 1 rings (SSSR count). The smallest absolute Gasteiger partial charge is 0.165 e. The van der Waals surface area contributed by atoms with Gasteiger partial charge in [-0.05, 0) is 33.3 Å². The molecule has 0 spiro atoms. The molecule has 0 aromatic heterocycles. The van der Waals surface area contributed by atoms with E-state index in [1.165, 1.54) is 6.07 Å². The van der Waals surface area contributed by atoms with Gasteiger partial charge in [0.2, 0.25) is 0 Å². The first-order chi connectivity index (χ1) is 8.94. The average Bonchev–Trinajstić information content (AvgIpc) is 2.33. The largest absolute Gasteiger partial charge is 0.490 e. The molecule has 0 bridgehead atoms. The van der Waals surface area contributed by atoms with Gasteiger partial charge in [0.15, 0.2) is 11.6 Å². The van der Waals surface area contributed by atoms with Gasteiger partial charge in [-0.2, -0.15) is 5.26 Å². The summed E-state index contributed by atoms with van der Waals surface area (Å²) in [5.74, 6) is -0.0673. The van der Waals surface area contributed by atoms with Crippen molar-refractivity contribution in [3.63, 3.8) is 0 Å². The average molecular weight is 264 g/mol. The number of hydrogen-bond donors (Lipinski definition) is 1. The number of para-hydroxylation sites is 1. The lowest BCUT2D eigenvalue weighted by atomic mass is 10.1. The van der Waals surface area contributed by atoms with E-state index < -0.39 is 0 Å². The summed E-state index contributed by atoms with van der Waals surface area (Å²) < 4.78 is 19.2. The van der Waals surface area contributed by atoms with Crippen molar-refractivity contribution >= 4 is 0 Å². The molecule has 0 amide bonds. The Bertz CT molecular complexity index is 446. The molecule has 0 unspecified atom stereocenters. The number of rotatable bonds is 6. The number of ether oxygens (including phenoxy) is 1. The third-order valence-electron chi connectivity index (χ3n) is 2.54. The lowest BCUT2D eigenvalue weighted by molar-refractivity contribution is 0.291. The summed E-state index contributed by atoms with van der Waals surface area (Å²) in [6, 6.07) is 6.96. The van der Waals surface area contributed by atoms with Crippen molar-refractivity contribution in [2.45, 2.75) is 45.7 Å². The number of nitriles is 1. The molecule has 1 aromatic rings. The van der Waals surface area contributed by atoms with Gasteiger partial charge in [0, 0.05) is 24.1 Å². The van der Waals surface area contributed by atoms with Crippen LogP contribution in [0, 0.1) is 17.1 Å². The van der Waals surface area contributed by atoms with Crippen molar-refractivity contribution in [3.05, 3.63) is 29.6 Å². The fraction of sp³-hybridized carbons (Fsp3) is 0.533. The van der Waals surface area contributed by atoms with Crippen molar-refractivity contribution in [2.75, 3.05) is 6.61 Å². The molecule has 0 saturated carbocycles. The van der Waals surface area contributed by atoms with Crippen LogP contribution in [0.3, 0.4) is 0 Å². The summed E-state index contributed by atoms with van der Waals surface area (Å²) >= 11 is 0. The Kier molecular flexibility index (Phi) is 5.78. The first-order valence-electron chi connectivity index (χ1n) is 6.46. The van der Waals surface area contributed by atoms with Crippen LogP contribution in [-0.2, 0) is 6.54 Å². The standard InChI is InChI=1S/C15H21FN2O/c1-15(2,3)18-11-12-7-6-8-13(16)14(12)19-10-5-4-9-17/h6-8,18H,4-5,10-11H2,1-3H3. The molecule has 4 heteroatoms. The van der Waals surface area contributed by atoms with Crippen LogP contribution in [0.15, 0.2) is 18.2 Å². The van der Waals surface area contributed by atoms with Crippen LogP contribution in [0.25, 0.3) is 0 Å². The molecular weight excluding hydrogens is 243 g/mol. The van der Waals surface area contributed by atoms with Gasteiger partial charge in [0.1, 0.15) is 0 Å².